The fraction of sp³-hybridized carbons (Fsp3) is 1.00. The highest BCUT2D eigenvalue weighted by atomic mass is 16.6. The van der Waals surface area contributed by atoms with Gasteiger partial charge in [0.1, 0.15) is 0 Å². The molecule has 0 saturated heterocycles. The van der Waals surface area contributed by atoms with E-state index in [2.05, 4.69) is 4.90 Å². The molecule has 16 heavy (non-hydrogen) atoms. The molecule has 5 nitrogen and oxygen atoms in total. The van der Waals surface area contributed by atoms with Gasteiger partial charge >= 0.3 is 0 Å². The van der Waals surface area contributed by atoms with Gasteiger partial charge in [-0.3, -0.25) is 0 Å². The van der Waals surface area contributed by atoms with Crippen LogP contribution in [0.2, 0.25) is 0 Å². The normalized spacial score (nSPS) is 14.6. The van der Waals surface area contributed by atoms with E-state index in [1.807, 2.05) is 40.0 Å². The zero-order valence-corrected chi connectivity index (χ0v) is 11.6. The third kappa shape index (κ3) is 23.5. The van der Waals surface area contributed by atoms with Gasteiger partial charge in [0.05, 0.1) is 6.61 Å². The van der Waals surface area contributed by atoms with E-state index >= 15 is 0 Å². The molecule has 0 heterocycles. The van der Waals surface area contributed by atoms with Crippen molar-refractivity contribution in [3.63, 3.8) is 0 Å². The maximum Gasteiger partial charge on any atom is 0.151 e. The minimum Gasteiger partial charge on any atom is -0.368 e. The van der Waals surface area contributed by atoms with Crippen LogP contribution in [0.3, 0.4) is 0 Å². The highest BCUT2D eigenvalue weighted by Gasteiger charge is 1.94. The Bertz CT molecular complexity index is 125. The maximum absolute atomic E-state index is 8.62. The van der Waals surface area contributed by atoms with E-state index in [1.54, 1.807) is 6.92 Å². The van der Waals surface area contributed by atoms with Crippen molar-refractivity contribution in [2.75, 3.05) is 47.9 Å². The van der Waals surface area contributed by atoms with Gasteiger partial charge in [-0.05, 0) is 42.0 Å². The molecule has 5 heteroatoms. The van der Waals surface area contributed by atoms with E-state index in [0.717, 1.165) is 13.1 Å². The van der Waals surface area contributed by atoms with Crippen molar-refractivity contribution in [1.29, 1.82) is 0 Å². The molecule has 0 amide bonds. The predicted octanol–water partition coefficient (Wildman–Crippen LogP) is -0.202. The summed E-state index contributed by atoms with van der Waals surface area (Å²) in [6.45, 7) is 6.02. The van der Waals surface area contributed by atoms with E-state index in [-0.39, 0.29) is 0 Å². The molecule has 0 aliphatic carbocycles. The SMILES string of the molecule is CC(N)CN(C)C.CC(O)OCCN(C)C. The summed E-state index contributed by atoms with van der Waals surface area (Å²) in [6.07, 6.45) is -0.634. The molecule has 0 rings (SSSR count). The highest BCUT2D eigenvalue weighted by Crippen LogP contribution is 1.83. The molecule has 0 aliphatic heterocycles. The molecule has 0 spiro atoms. The molecule has 100 valence electrons. The number of aliphatic hydroxyl groups is 1. The molecular weight excluding hydrogens is 206 g/mol. The van der Waals surface area contributed by atoms with Crippen LogP contribution in [0.15, 0.2) is 0 Å². The molecule has 2 atom stereocenters. The Hall–Kier alpha value is -0.200. The predicted molar refractivity (Wildman–Crippen MR) is 68.4 cm³/mol. The number of aliphatic hydroxyl groups excluding tert-OH is 1. The average Bonchev–Trinajstić information content (AvgIpc) is 2.00. The average molecular weight is 235 g/mol. The first-order valence-electron chi connectivity index (χ1n) is 5.60. The Morgan fingerprint density at radius 2 is 1.62 bits per heavy atom. The largest absolute Gasteiger partial charge is 0.368 e. The second kappa shape index (κ2) is 11.3. The minimum absolute atomic E-state index is 0.301. The standard InChI is InChI=1S/C6H15NO2.C5H14N2/c1-6(8)9-5-4-7(2)3;1-5(6)4-7(2)3/h6,8H,4-5H2,1-3H3;5H,4,6H2,1-3H3. The summed E-state index contributed by atoms with van der Waals surface area (Å²) in [5.41, 5.74) is 5.45. The molecule has 0 aromatic carbocycles. The van der Waals surface area contributed by atoms with Crippen molar-refractivity contribution in [1.82, 2.24) is 9.80 Å². The van der Waals surface area contributed by atoms with Crippen LogP contribution in [0.25, 0.3) is 0 Å². The highest BCUT2D eigenvalue weighted by molar-refractivity contribution is 4.54. The van der Waals surface area contributed by atoms with Crippen molar-refractivity contribution in [2.24, 2.45) is 5.73 Å². The first-order chi connectivity index (χ1) is 7.25. The maximum atomic E-state index is 8.62. The van der Waals surface area contributed by atoms with Crippen molar-refractivity contribution >= 4 is 0 Å². The summed E-state index contributed by atoms with van der Waals surface area (Å²) in [5, 5.41) is 8.62. The van der Waals surface area contributed by atoms with Gasteiger partial charge in [-0.15, -0.1) is 0 Å². The molecule has 0 aromatic rings. The van der Waals surface area contributed by atoms with Crippen LogP contribution in [0.1, 0.15) is 13.8 Å². The summed E-state index contributed by atoms with van der Waals surface area (Å²) in [4.78, 5) is 4.08. The Kier molecular flexibility index (Phi) is 12.8. The van der Waals surface area contributed by atoms with Crippen LogP contribution < -0.4 is 5.73 Å². The van der Waals surface area contributed by atoms with E-state index in [9.17, 15) is 0 Å². The second-order valence-corrected chi connectivity index (χ2v) is 4.51. The third-order valence-electron chi connectivity index (χ3n) is 1.55. The lowest BCUT2D eigenvalue weighted by Gasteiger charge is -2.11. The van der Waals surface area contributed by atoms with Crippen LogP contribution in [0.5, 0.6) is 0 Å². The Labute approximate surface area is 100 Å². The summed E-state index contributed by atoms with van der Waals surface area (Å²) in [7, 11) is 7.96. The molecule has 3 N–H and O–H groups in total. The lowest BCUT2D eigenvalue weighted by molar-refractivity contribution is -0.0874. The van der Waals surface area contributed by atoms with E-state index in [0.29, 0.717) is 12.6 Å². The smallest absolute Gasteiger partial charge is 0.151 e. The Morgan fingerprint density at radius 3 is 1.81 bits per heavy atom. The fourth-order valence-electron chi connectivity index (χ4n) is 0.982. The summed E-state index contributed by atoms with van der Waals surface area (Å²) in [5.74, 6) is 0. The van der Waals surface area contributed by atoms with Gasteiger partial charge in [-0.1, -0.05) is 0 Å². The van der Waals surface area contributed by atoms with E-state index in [1.165, 1.54) is 0 Å². The lowest BCUT2D eigenvalue weighted by Crippen LogP contribution is -2.29. The second-order valence-electron chi connectivity index (χ2n) is 4.51. The quantitative estimate of drug-likeness (QED) is 0.624. The van der Waals surface area contributed by atoms with Gasteiger partial charge < -0.3 is 25.4 Å². The number of hydrogen-bond donors (Lipinski definition) is 2. The molecular formula is C11H29N3O2. The summed E-state index contributed by atoms with van der Waals surface area (Å²) < 4.78 is 4.87. The fourth-order valence-corrected chi connectivity index (χ4v) is 0.982. The number of nitrogens with two attached hydrogens (primary N) is 1. The van der Waals surface area contributed by atoms with Crippen molar-refractivity contribution in [3.8, 4) is 0 Å². The Morgan fingerprint density at radius 1 is 1.12 bits per heavy atom. The van der Waals surface area contributed by atoms with Gasteiger partial charge in [0.15, 0.2) is 6.29 Å². The van der Waals surface area contributed by atoms with Crippen LogP contribution in [0.4, 0.5) is 0 Å². The number of hydrogen-bond acceptors (Lipinski definition) is 5. The van der Waals surface area contributed by atoms with Crippen molar-refractivity contribution < 1.29 is 9.84 Å². The number of likely N-dealkylation sites (N-methyl/N-ethyl adjacent to an activating group) is 2. The molecule has 2 unspecified atom stereocenters. The molecule has 0 bridgehead atoms. The van der Waals surface area contributed by atoms with Crippen LogP contribution >= 0.6 is 0 Å². The van der Waals surface area contributed by atoms with Crippen molar-refractivity contribution in [2.45, 2.75) is 26.2 Å². The zero-order valence-electron chi connectivity index (χ0n) is 11.6. The number of ether oxygens (including phenoxy) is 1. The molecule has 0 aromatic heterocycles. The first-order valence-corrected chi connectivity index (χ1v) is 5.60. The van der Waals surface area contributed by atoms with E-state index < -0.39 is 6.29 Å². The molecule has 0 fully saturated rings. The Balaban J connectivity index is 0. The van der Waals surface area contributed by atoms with Gasteiger partial charge in [-0.25, -0.2) is 0 Å². The van der Waals surface area contributed by atoms with Gasteiger partial charge in [0.25, 0.3) is 0 Å². The first kappa shape index (κ1) is 18.2. The molecule has 0 saturated carbocycles. The monoisotopic (exact) mass is 235 g/mol. The van der Waals surface area contributed by atoms with Crippen LogP contribution in [-0.4, -0.2) is 75.1 Å². The number of rotatable bonds is 6. The number of nitrogens with zero attached hydrogens (tertiary/aromatic N) is 2. The zero-order chi connectivity index (χ0) is 13.1. The summed E-state index contributed by atoms with van der Waals surface area (Å²) in [6, 6.07) is 0.301. The van der Waals surface area contributed by atoms with Crippen molar-refractivity contribution in [3.05, 3.63) is 0 Å². The summed E-state index contributed by atoms with van der Waals surface area (Å²) >= 11 is 0. The topological polar surface area (TPSA) is 62.0 Å². The van der Waals surface area contributed by atoms with Crippen LogP contribution in [0, 0.1) is 0 Å². The van der Waals surface area contributed by atoms with Gasteiger partial charge in [0.2, 0.25) is 0 Å². The van der Waals surface area contributed by atoms with Crippen LogP contribution in [-0.2, 0) is 4.74 Å². The van der Waals surface area contributed by atoms with Gasteiger partial charge in [0, 0.05) is 19.1 Å². The van der Waals surface area contributed by atoms with Gasteiger partial charge in [-0.2, -0.15) is 0 Å². The molecule has 0 radical (unpaired) electrons. The van der Waals surface area contributed by atoms with E-state index in [4.69, 9.17) is 15.6 Å². The molecule has 0 aliphatic rings. The third-order valence-corrected chi connectivity index (χ3v) is 1.55. The lowest BCUT2D eigenvalue weighted by atomic mass is 10.3. The minimum atomic E-state index is -0.634.